The lowest BCUT2D eigenvalue weighted by Crippen LogP contribution is -2.49. The lowest BCUT2D eigenvalue weighted by molar-refractivity contribution is -0.138. The first-order valence-corrected chi connectivity index (χ1v) is 14.6. The lowest BCUT2D eigenvalue weighted by Gasteiger charge is -2.25. The third-order valence-corrected chi connectivity index (χ3v) is 9.14. The van der Waals surface area contributed by atoms with Gasteiger partial charge >= 0.3 is 0 Å². The van der Waals surface area contributed by atoms with Gasteiger partial charge in [-0.05, 0) is 47.4 Å². The Morgan fingerprint density at radius 3 is 2.62 bits per heavy atom. The number of fused-ring (bicyclic) bond motifs is 3. The molecule has 3 amide bonds. The molecular weight excluding hydrogens is 557 g/mol. The van der Waals surface area contributed by atoms with Crippen molar-refractivity contribution in [2.24, 2.45) is 5.73 Å². The summed E-state index contributed by atoms with van der Waals surface area (Å²) in [4.78, 5) is 41.6. The molecule has 5 N–H and O–H groups in total. The second-order valence-electron chi connectivity index (χ2n) is 11.0. The summed E-state index contributed by atoms with van der Waals surface area (Å²) in [5.74, 6) is -1.44. The summed E-state index contributed by atoms with van der Waals surface area (Å²) in [6.07, 6.45) is -0.231. The van der Waals surface area contributed by atoms with Crippen molar-refractivity contribution < 1.29 is 23.5 Å². The van der Waals surface area contributed by atoms with E-state index in [0.717, 1.165) is 21.6 Å². The summed E-state index contributed by atoms with van der Waals surface area (Å²) in [7, 11) is 1.36. The molecule has 9 nitrogen and oxygen atoms in total. The molecule has 5 rings (SSSR count). The first-order chi connectivity index (χ1) is 20.0. The van der Waals surface area contributed by atoms with Crippen molar-refractivity contribution in [1.82, 2.24) is 15.5 Å². The van der Waals surface area contributed by atoms with E-state index in [1.54, 1.807) is 24.4 Å². The molecule has 2 heterocycles. The zero-order valence-corrected chi connectivity index (χ0v) is 24.5. The number of nitrogens with two attached hydrogens (primary N) is 1. The predicted molar refractivity (Wildman–Crippen MR) is 159 cm³/mol. The predicted octanol–water partition coefficient (Wildman–Crippen LogP) is 3.73. The molecule has 1 saturated heterocycles. The Hall–Kier alpha value is -4.09. The molecule has 3 aromatic rings. The first-order valence-electron chi connectivity index (χ1n) is 13.7. The average Bonchev–Trinajstić information content (AvgIpc) is 3.67. The van der Waals surface area contributed by atoms with Gasteiger partial charge < -0.3 is 26.0 Å². The maximum Gasteiger partial charge on any atom is 0.251 e. The quantitative estimate of drug-likeness (QED) is 0.222. The Morgan fingerprint density at radius 1 is 1.17 bits per heavy atom. The SMILES string of the molecule is COC[C@@]1(F)C[C@@H](C(=O)N[C@H](C)c2cc(C(=N)N)cs2)N(C(=O)CNC(=O)c2ccc3c(c2)C(C)c2ccccc2-3)C1. The van der Waals surface area contributed by atoms with Crippen molar-refractivity contribution in [3.05, 3.63) is 81.0 Å². The van der Waals surface area contributed by atoms with Crippen molar-refractivity contribution in [1.29, 1.82) is 5.41 Å². The van der Waals surface area contributed by atoms with Crippen LogP contribution in [-0.4, -0.2) is 67.0 Å². The lowest BCUT2D eigenvalue weighted by atomic mass is 9.97. The van der Waals surface area contributed by atoms with Gasteiger partial charge in [-0.15, -0.1) is 11.3 Å². The van der Waals surface area contributed by atoms with Gasteiger partial charge in [0.25, 0.3) is 5.91 Å². The maximum atomic E-state index is 15.6. The summed E-state index contributed by atoms with van der Waals surface area (Å²) in [5, 5.41) is 14.8. The van der Waals surface area contributed by atoms with Crippen LogP contribution in [0.2, 0.25) is 0 Å². The first kappa shape index (κ1) is 29.4. The molecule has 0 bridgehead atoms. The Labute approximate surface area is 247 Å². The number of carbonyl (C=O) groups excluding carboxylic acids is 3. The molecule has 1 unspecified atom stereocenters. The summed E-state index contributed by atoms with van der Waals surface area (Å²) in [6.45, 7) is 2.87. The zero-order valence-electron chi connectivity index (χ0n) is 23.7. The molecule has 1 fully saturated rings. The van der Waals surface area contributed by atoms with E-state index in [4.69, 9.17) is 15.9 Å². The highest BCUT2D eigenvalue weighted by Gasteiger charge is 2.49. The fourth-order valence-corrected chi connectivity index (χ4v) is 6.77. The van der Waals surface area contributed by atoms with E-state index >= 15 is 4.39 Å². The number of thiophene rings is 1. The van der Waals surface area contributed by atoms with Crippen LogP contribution in [0, 0.1) is 5.41 Å². The number of hydrogen-bond acceptors (Lipinski definition) is 6. The number of nitrogens with one attached hydrogen (secondary N) is 3. The normalized spacial score (nSPS) is 21.4. The van der Waals surface area contributed by atoms with Gasteiger partial charge in [0.2, 0.25) is 11.8 Å². The van der Waals surface area contributed by atoms with Gasteiger partial charge in [-0.2, -0.15) is 0 Å². The number of benzene rings is 2. The highest BCUT2D eigenvalue weighted by atomic mass is 32.1. The molecule has 1 aromatic heterocycles. The van der Waals surface area contributed by atoms with Crippen LogP contribution in [0.4, 0.5) is 4.39 Å². The Kier molecular flexibility index (Phi) is 8.16. The van der Waals surface area contributed by atoms with Gasteiger partial charge in [0.15, 0.2) is 5.67 Å². The summed E-state index contributed by atoms with van der Waals surface area (Å²) < 4.78 is 20.6. The molecule has 2 aromatic carbocycles. The number of rotatable bonds is 9. The second kappa shape index (κ2) is 11.7. The highest BCUT2D eigenvalue weighted by molar-refractivity contribution is 7.10. The molecule has 0 spiro atoms. The Balaban J connectivity index is 1.26. The van der Waals surface area contributed by atoms with E-state index in [0.29, 0.717) is 11.1 Å². The number of likely N-dealkylation sites (tertiary alicyclic amines) is 1. The molecule has 1 aliphatic heterocycles. The van der Waals surface area contributed by atoms with Crippen LogP contribution in [0.5, 0.6) is 0 Å². The van der Waals surface area contributed by atoms with Gasteiger partial charge in [0.1, 0.15) is 11.9 Å². The van der Waals surface area contributed by atoms with Crippen molar-refractivity contribution in [2.45, 2.75) is 43.9 Å². The highest BCUT2D eigenvalue weighted by Crippen LogP contribution is 2.44. The van der Waals surface area contributed by atoms with Crippen LogP contribution in [-0.2, 0) is 14.3 Å². The maximum absolute atomic E-state index is 15.6. The molecule has 2 aliphatic rings. The number of nitrogens with zero attached hydrogens (tertiary/aromatic N) is 1. The molecule has 11 heteroatoms. The third kappa shape index (κ3) is 5.66. The molecule has 1 aliphatic carbocycles. The van der Waals surface area contributed by atoms with E-state index in [-0.39, 0.29) is 37.9 Å². The van der Waals surface area contributed by atoms with E-state index in [9.17, 15) is 14.4 Å². The molecule has 4 atom stereocenters. The number of nitrogen functional groups attached to an aromatic ring is 1. The van der Waals surface area contributed by atoms with E-state index in [1.165, 1.54) is 28.9 Å². The summed E-state index contributed by atoms with van der Waals surface area (Å²) in [5.41, 5.74) is 9.10. The van der Waals surface area contributed by atoms with Crippen molar-refractivity contribution in [3.63, 3.8) is 0 Å². The fraction of sp³-hybridized carbons (Fsp3) is 0.355. The van der Waals surface area contributed by atoms with Gasteiger partial charge in [0.05, 0.1) is 25.7 Å². The Bertz CT molecular complexity index is 1560. The van der Waals surface area contributed by atoms with Crippen LogP contribution in [0.25, 0.3) is 11.1 Å². The fourth-order valence-electron chi connectivity index (χ4n) is 5.85. The average molecular weight is 592 g/mol. The van der Waals surface area contributed by atoms with Gasteiger partial charge in [0, 0.05) is 40.8 Å². The molecule has 0 saturated carbocycles. The largest absolute Gasteiger partial charge is 0.384 e. The third-order valence-electron chi connectivity index (χ3n) is 8.03. The Morgan fingerprint density at radius 2 is 1.90 bits per heavy atom. The number of ether oxygens (including phenoxy) is 1. The van der Waals surface area contributed by atoms with Crippen molar-refractivity contribution in [3.8, 4) is 11.1 Å². The van der Waals surface area contributed by atoms with Gasteiger partial charge in [-0.1, -0.05) is 37.3 Å². The van der Waals surface area contributed by atoms with Crippen LogP contribution in [0.15, 0.2) is 53.9 Å². The van der Waals surface area contributed by atoms with Crippen LogP contribution >= 0.6 is 11.3 Å². The minimum Gasteiger partial charge on any atom is -0.384 e. The number of methoxy groups -OCH3 is 1. The molecular formula is C31H34FN5O4S. The van der Waals surface area contributed by atoms with E-state index in [2.05, 4.69) is 29.7 Å². The number of amidine groups is 1. The number of amides is 3. The van der Waals surface area contributed by atoms with Gasteiger partial charge in [-0.3, -0.25) is 19.8 Å². The van der Waals surface area contributed by atoms with E-state index in [1.807, 2.05) is 24.3 Å². The number of carbonyl (C=O) groups is 3. The van der Waals surface area contributed by atoms with Crippen LogP contribution in [0.1, 0.15) is 64.2 Å². The standard InChI is InChI=1S/C31H34FN5O4S/c1-17-21-6-4-5-7-22(21)23-9-8-19(10-24(17)23)29(39)35-13-27(38)37-15-31(32,16-41-3)12-25(37)30(40)36-18(2)26-11-20(14-42-26)28(33)34/h4-11,14,17-18,25H,12-13,15-16H2,1-3H3,(H3,33,34)(H,35,39)(H,36,40)/t17?,18-,25+,31-/m1/s1. The second-order valence-corrected chi connectivity index (χ2v) is 11.9. The zero-order chi connectivity index (χ0) is 30.2. The number of hydrogen-bond donors (Lipinski definition) is 4. The molecule has 42 heavy (non-hydrogen) atoms. The number of halogens is 1. The smallest absolute Gasteiger partial charge is 0.251 e. The number of alkyl halides is 1. The topological polar surface area (TPSA) is 138 Å². The molecule has 0 radical (unpaired) electrons. The summed E-state index contributed by atoms with van der Waals surface area (Å²) >= 11 is 1.34. The minimum absolute atomic E-state index is 0.0769. The summed E-state index contributed by atoms with van der Waals surface area (Å²) in [6, 6.07) is 13.8. The van der Waals surface area contributed by atoms with Crippen molar-refractivity contribution >= 4 is 34.9 Å². The van der Waals surface area contributed by atoms with Crippen LogP contribution in [0.3, 0.4) is 0 Å². The monoisotopic (exact) mass is 591 g/mol. The van der Waals surface area contributed by atoms with Gasteiger partial charge in [-0.25, -0.2) is 4.39 Å². The van der Waals surface area contributed by atoms with Crippen LogP contribution < -0.4 is 16.4 Å². The van der Waals surface area contributed by atoms with E-state index < -0.39 is 35.5 Å². The minimum atomic E-state index is -1.91. The molecule has 220 valence electrons. The van der Waals surface area contributed by atoms with Crippen molar-refractivity contribution in [2.75, 3.05) is 26.8 Å².